The average molecular weight is 1480 g/mol. The van der Waals surface area contributed by atoms with Gasteiger partial charge in [0, 0.05) is 36.0 Å². The Morgan fingerprint density at radius 2 is 1.32 bits per heavy atom. The number of benzene rings is 4. The summed E-state index contributed by atoms with van der Waals surface area (Å²) in [5, 5.41) is 47.9. The number of cyclic esters (lactones) is 1. The summed E-state index contributed by atoms with van der Waals surface area (Å²) in [6.07, 6.45) is 7.26. The number of esters is 4. The number of rotatable bonds is 15. The quantitative estimate of drug-likeness (QED) is 0.0166. The van der Waals surface area contributed by atoms with Crippen molar-refractivity contribution in [2.75, 3.05) is 20.2 Å². The number of carbonyl (C=O) groups excluding carboxylic acids is 10. The van der Waals surface area contributed by atoms with Crippen molar-refractivity contribution in [2.45, 2.75) is 171 Å². The minimum absolute atomic E-state index is 0.236. The van der Waals surface area contributed by atoms with E-state index in [2.05, 4.69) is 36.9 Å². The van der Waals surface area contributed by atoms with Crippen molar-refractivity contribution in [1.82, 2.24) is 52.1 Å². The van der Waals surface area contributed by atoms with Gasteiger partial charge in [0.15, 0.2) is 6.10 Å². The Balaban J connectivity index is 0.000000231. The molecule has 2 fully saturated rings. The Morgan fingerprint density at radius 3 is 1.92 bits per heavy atom. The van der Waals surface area contributed by atoms with Gasteiger partial charge in [-0.05, 0) is 153 Å². The van der Waals surface area contributed by atoms with Crippen LogP contribution in [0.25, 0.3) is 34.0 Å². The van der Waals surface area contributed by atoms with Crippen LogP contribution in [0.4, 0.5) is 11.4 Å². The molecule has 5 bridgehead atoms. The first kappa shape index (κ1) is 83.0. The zero-order valence-electron chi connectivity index (χ0n) is 62.6. The Bertz CT molecular complexity index is 4380. The molecule has 570 valence electrons. The Morgan fingerprint density at radius 1 is 0.738 bits per heavy atom. The number of methoxy groups -OCH3 is 1. The smallest absolute Gasteiger partial charge is 0.353 e. The van der Waals surface area contributed by atoms with Crippen LogP contribution >= 0.6 is 0 Å². The fraction of sp³-hybridized carbons (Fsp3) is 0.429. The number of nitro benzene ring substituents is 2. The second kappa shape index (κ2) is 36.2. The van der Waals surface area contributed by atoms with E-state index in [1.54, 1.807) is 81.4 Å². The lowest BCUT2D eigenvalue weighted by molar-refractivity contribution is -0.385. The van der Waals surface area contributed by atoms with Crippen LogP contribution in [-0.2, 0) is 52.6 Å². The minimum Gasteiger partial charge on any atom is -0.468 e. The Hall–Kier alpha value is -11.2. The fourth-order valence-corrected chi connectivity index (χ4v) is 11.6. The normalized spacial score (nSPS) is 19.6. The number of fused-ring (bicyclic) bond motifs is 5. The van der Waals surface area contributed by atoms with E-state index in [4.69, 9.17) is 19.4 Å². The molecule has 0 radical (unpaired) electrons. The van der Waals surface area contributed by atoms with Crippen molar-refractivity contribution < 1.29 is 77.1 Å². The monoisotopic (exact) mass is 1470 g/mol. The molecule has 0 spiro atoms. The highest BCUT2D eigenvalue weighted by atomic mass is 16.6. The van der Waals surface area contributed by atoms with E-state index in [-0.39, 0.29) is 69.7 Å². The molecule has 107 heavy (non-hydrogen) atoms. The average Bonchev–Trinajstić information content (AvgIpc) is 1.79. The predicted molar refractivity (Wildman–Crippen MR) is 396 cm³/mol. The third kappa shape index (κ3) is 21.5. The number of aliphatic hydroxyl groups excluding tert-OH is 1. The van der Waals surface area contributed by atoms with Crippen LogP contribution in [0.5, 0.6) is 0 Å². The largest absolute Gasteiger partial charge is 0.468 e. The molecule has 7 N–H and O–H groups in total. The summed E-state index contributed by atoms with van der Waals surface area (Å²) in [5.41, 5.74) is 7.51. The lowest BCUT2D eigenvalue weighted by Crippen LogP contribution is -2.61. The second-order valence-electron chi connectivity index (χ2n) is 28.4. The number of hydrazine groups is 2. The zero-order chi connectivity index (χ0) is 79.1. The molecule has 0 unspecified atom stereocenters. The maximum Gasteiger partial charge on any atom is 0.353 e. The van der Waals surface area contributed by atoms with Crippen LogP contribution in [0, 0.1) is 56.7 Å². The van der Waals surface area contributed by atoms with Crippen molar-refractivity contribution >= 4 is 105 Å². The summed E-state index contributed by atoms with van der Waals surface area (Å²) in [7, 11) is 1.36. The Labute approximate surface area is 619 Å². The number of nitrogens with one attached hydrogen (secondary N) is 6. The van der Waals surface area contributed by atoms with Gasteiger partial charge in [0.1, 0.15) is 41.4 Å². The standard InChI is InChI=1S/C31H43N5O6.C30H39N5O5.C16H12N2O7/c1-18(2)26(37)28(39)33-20(4)29(40)36-16-8-9-24(35-36)27(38)32-19(3)23-13-12-22-11-10-21(17-25(22)34-23)14-15-31(5,6)30(41)42-7;1-17(2)25-27(37)32-19(4)28(38)35-15-7-8-23(34-35)26(36)31-18(3)22-12-11-21-10-9-20(16-24(21)33-22)13-14-30(5,6)29(39)40-25;1-9-5-3-7-11(17(21)22)13(9)15(19)25-16(20)14-10(2)6-4-8-12(14)18(23)24/h10-15,17-20,24,26,35,37H,8-9,16H2,1-7H3,(H,32,38)(H,33,39);9-14,16-19,23,25,34H,7-8,15H2,1-6H3,(H,31,36)(H,32,37);3-8H,1-2H3/b15-14+;14-13+;/t19-,20+,24+,26+;18-,19+,23+,25+;/m11./s1. The third-order valence-corrected chi connectivity index (χ3v) is 18.2. The summed E-state index contributed by atoms with van der Waals surface area (Å²) in [6, 6.07) is 23.4. The number of hydrogen-bond donors (Lipinski definition) is 7. The van der Waals surface area contributed by atoms with Gasteiger partial charge < -0.3 is 40.6 Å². The molecule has 30 nitrogen and oxygen atoms in total. The molecule has 3 aliphatic rings. The first-order chi connectivity index (χ1) is 50.3. The second-order valence-corrected chi connectivity index (χ2v) is 28.4. The highest BCUT2D eigenvalue weighted by Crippen LogP contribution is 2.30. The molecule has 5 heterocycles. The van der Waals surface area contributed by atoms with Gasteiger partial charge in [0.05, 0.1) is 62.3 Å². The lowest BCUT2D eigenvalue weighted by Gasteiger charge is -2.35. The van der Waals surface area contributed by atoms with Crippen LogP contribution in [0.15, 0.2) is 109 Å². The van der Waals surface area contributed by atoms with Crippen molar-refractivity contribution in [3.8, 4) is 0 Å². The molecular formula is C77H94N12O18. The van der Waals surface area contributed by atoms with Gasteiger partial charge >= 0.3 is 23.9 Å². The van der Waals surface area contributed by atoms with E-state index in [1.807, 2.05) is 86.7 Å². The number of aryl methyl sites for hydroxylation is 2. The van der Waals surface area contributed by atoms with Gasteiger partial charge in [-0.1, -0.05) is 113 Å². The Kier molecular flexibility index (Phi) is 28.1. The van der Waals surface area contributed by atoms with Gasteiger partial charge in [-0.15, -0.1) is 0 Å². The van der Waals surface area contributed by atoms with Crippen LogP contribution < -0.4 is 32.1 Å². The number of pyridine rings is 2. The number of ether oxygens (including phenoxy) is 3. The van der Waals surface area contributed by atoms with E-state index >= 15 is 0 Å². The fourth-order valence-electron chi connectivity index (χ4n) is 11.6. The molecular weight excluding hydrogens is 1380 g/mol. The molecule has 9 rings (SSSR count). The molecule has 6 amide bonds. The topological polar surface area (TPSA) is 409 Å². The lowest BCUT2D eigenvalue weighted by atomic mass is 9.92. The molecule has 2 aromatic heterocycles. The van der Waals surface area contributed by atoms with Crippen LogP contribution in [0.1, 0.15) is 175 Å². The highest BCUT2D eigenvalue weighted by Gasteiger charge is 2.38. The van der Waals surface area contributed by atoms with Crippen molar-refractivity contribution in [1.29, 1.82) is 0 Å². The highest BCUT2D eigenvalue weighted by molar-refractivity contribution is 6.07. The molecule has 3 aliphatic heterocycles. The van der Waals surface area contributed by atoms with E-state index < -0.39 is 104 Å². The van der Waals surface area contributed by atoms with E-state index in [0.29, 0.717) is 50.2 Å². The molecule has 2 saturated heterocycles. The first-order valence-corrected chi connectivity index (χ1v) is 35.1. The van der Waals surface area contributed by atoms with Gasteiger partial charge in [-0.25, -0.2) is 20.4 Å². The van der Waals surface area contributed by atoms with E-state index in [1.165, 1.54) is 55.2 Å². The molecule has 6 aromatic rings. The summed E-state index contributed by atoms with van der Waals surface area (Å²) < 4.78 is 15.2. The molecule has 0 saturated carbocycles. The maximum atomic E-state index is 13.2. The molecule has 8 atom stereocenters. The van der Waals surface area contributed by atoms with Gasteiger partial charge in [-0.2, -0.15) is 0 Å². The van der Waals surface area contributed by atoms with Gasteiger partial charge in [0.25, 0.3) is 29.1 Å². The molecule has 0 aliphatic carbocycles. The van der Waals surface area contributed by atoms with Crippen LogP contribution in [0.2, 0.25) is 0 Å². The number of aromatic nitrogens is 2. The third-order valence-electron chi connectivity index (χ3n) is 18.2. The van der Waals surface area contributed by atoms with E-state index in [9.17, 15) is 73.3 Å². The van der Waals surface area contributed by atoms with Crippen molar-refractivity contribution in [2.24, 2.45) is 22.7 Å². The maximum absolute atomic E-state index is 13.2. The summed E-state index contributed by atoms with van der Waals surface area (Å²) in [4.78, 5) is 158. The predicted octanol–water partition coefficient (Wildman–Crippen LogP) is 8.79. The number of hydrogen-bond acceptors (Lipinski definition) is 22. The molecule has 30 heteroatoms. The number of amides is 6. The first-order valence-electron chi connectivity index (χ1n) is 35.1. The number of nitrogens with zero attached hydrogens (tertiary/aromatic N) is 6. The van der Waals surface area contributed by atoms with Crippen LogP contribution in [-0.4, -0.2) is 151 Å². The summed E-state index contributed by atoms with van der Waals surface area (Å²) >= 11 is 0. The molecule has 4 aromatic carbocycles. The van der Waals surface area contributed by atoms with Gasteiger partial charge in [0.2, 0.25) is 17.7 Å². The van der Waals surface area contributed by atoms with Crippen molar-refractivity contribution in [3.05, 3.63) is 174 Å². The van der Waals surface area contributed by atoms with Crippen molar-refractivity contribution in [3.63, 3.8) is 0 Å². The number of nitro groups is 2. The minimum atomic E-state index is -1.24. The van der Waals surface area contributed by atoms with Gasteiger partial charge in [-0.3, -0.25) is 78.6 Å². The number of aliphatic hydroxyl groups is 1. The summed E-state index contributed by atoms with van der Waals surface area (Å²) in [6.45, 7) is 24.5. The zero-order valence-corrected chi connectivity index (χ0v) is 62.6. The number of carbonyl (C=O) groups is 10. The summed E-state index contributed by atoms with van der Waals surface area (Å²) in [5.74, 6) is -6.40. The van der Waals surface area contributed by atoms with E-state index in [0.717, 1.165) is 45.1 Å². The van der Waals surface area contributed by atoms with Crippen LogP contribution in [0.3, 0.4) is 0 Å². The SMILES string of the molecule is CC(C)[C@@H]1OC(=O)C(C)(C)/C=C/c2ccc3ccc(nc3c2)[C@@H](C)NC(=O)[C@@H]2CCCN(N2)C(=O)[C@H](C)NC1=O.COC(=O)C(C)(C)/C=C/c1ccc2ccc([C@@H](C)NC(=O)[C@@H]3CCCN(C(=O)[C@H](C)NC(=O)[C@@H](O)C(C)C)N3)nc2c1.Cc1cccc([N+](=O)[O-])c1C(=O)OC(=O)c1c(C)cccc1[N+](=O)[O-].